The van der Waals surface area contributed by atoms with E-state index >= 15 is 0 Å². The molecule has 0 spiro atoms. The fourth-order valence-corrected chi connectivity index (χ4v) is 1.99. The first-order valence-corrected chi connectivity index (χ1v) is 10.5. The molecule has 0 radical (unpaired) electrons. The number of benzene rings is 2. The molecule has 0 N–H and O–H groups in total. The molecular weight excluding hydrogens is 432 g/mol. The van der Waals surface area contributed by atoms with E-state index in [1.807, 2.05) is 63.2 Å². The lowest BCUT2D eigenvalue weighted by Crippen LogP contribution is -2.23. The van der Waals surface area contributed by atoms with Crippen molar-refractivity contribution in [2.75, 3.05) is 0 Å². The molecule has 0 aromatic heterocycles. The SMILES string of the molecule is C=C(C)C(=O)OC(C)(C)C.C=CC(=O)OCc1ccccc1.C=Cc1ccc(OC(C)=O)cc1. The minimum Gasteiger partial charge on any atom is -0.458 e. The number of hydrogen-bond donors (Lipinski definition) is 0. The van der Waals surface area contributed by atoms with Crippen molar-refractivity contribution in [3.05, 3.63) is 97.1 Å². The van der Waals surface area contributed by atoms with E-state index in [1.54, 1.807) is 25.1 Å². The highest BCUT2D eigenvalue weighted by atomic mass is 16.6. The van der Waals surface area contributed by atoms with Gasteiger partial charge in [0.1, 0.15) is 18.0 Å². The molecule has 0 bridgehead atoms. The van der Waals surface area contributed by atoms with Crippen molar-refractivity contribution >= 4 is 24.0 Å². The lowest BCUT2D eigenvalue weighted by molar-refractivity contribution is -0.149. The number of carbonyl (C=O) groups excluding carboxylic acids is 3. The molecule has 0 fully saturated rings. The van der Waals surface area contributed by atoms with Gasteiger partial charge in [0.25, 0.3) is 0 Å². The minimum absolute atomic E-state index is 0.304. The Balaban J connectivity index is 0.000000484. The molecule has 2 rings (SSSR count). The normalized spacial score (nSPS) is 9.56. The number of ether oxygens (including phenoxy) is 3. The molecule has 0 atom stereocenters. The summed E-state index contributed by atoms with van der Waals surface area (Å²) in [5.41, 5.74) is 2.02. The highest BCUT2D eigenvalue weighted by Crippen LogP contribution is 2.12. The van der Waals surface area contributed by atoms with Crippen molar-refractivity contribution in [2.24, 2.45) is 0 Å². The van der Waals surface area contributed by atoms with Crippen LogP contribution in [-0.4, -0.2) is 23.5 Å². The molecule has 0 saturated carbocycles. The summed E-state index contributed by atoms with van der Waals surface area (Å²) < 4.78 is 14.6. The van der Waals surface area contributed by atoms with E-state index in [-0.39, 0.29) is 17.9 Å². The Labute approximate surface area is 202 Å². The summed E-state index contributed by atoms with van der Waals surface area (Å²) in [4.78, 5) is 32.0. The summed E-state index contributed by atoms with van der Waals surface area (Å²) in [7, 11) is 0. The van der Waals surface area contributed by atoms with Gasteiger partial charge in [0.15, 0.2) is 0 Å². The summed E-state index contributed by atoms with van der Waals surface area (Å²) in [6.07, 6.45) is 2.89. The number of esters is 3. The van der Waals surface area contributed by atoms with Crippen LogP contribution in [0, 0.1) is 0 Å². The van der Waals surface area contributed by atoms with Crippen LogP contribution in [-0.2, 0) is 30.5 Å². The van der Waals surface area contributed by atoms with Crippen LogP contribution in [0.4, 0.5) is 0 Å². The van der Waals surface area contributed by atoms with E-state index in [9.17, 15) is 14.4 Å². The van der Waals surface area contributed by atoms with Gasteiger partial charge in [-0.2, -0.15) is 0 Å². The van der Waals surface area contributed by atoms with Crippen LogP contribution in [0.5, 0.6) is 5.75 Å². The Morgan fingerprint density at radius 1 is 0.912 bits per heavy atom. The quantitative estimate of drug-likeness (QED) is 0.292. The van der Waals surface area contributed by atoms with Crippen molar-refractivity contribution in [3.63, 3.8) is 0 Å². The van der Waals surface area contributed by atoms with Gasteiger partial charge in [-0.3, -0.25) is 4.79 Å². The smallest absolute Gasteiger partial charge is 0.333 e. The van der Waals surface area contributed by atoms with Crippen molar-refractivity contribution in [1.82, 2.24) is 0 Å². The number of hydrogen-bond acceptors (Lipinski definition) is 6. The summed E-state index contributed by atoms with van der Waals surface area (Å²) in [5, 5.41) is 0. The lowest BCUT2D eigenvalue weighted by Gasteiger charge is -2.19. The van der Waals surface area contributed by atoms with Gasteiger partial charge in [0.05, 0.1) is 0 Å². The third-order valence-corrected chi connectivity index (χ3v) is 3.52. The van der Waals surface area contributed by atoms with Gasteiger partial charge in [-0.15, -0.1) is 0 Å². The average molecular weight is 467 g/mol. The van der Waals surface area contributed by atoms with Crippen molar-refractivity contribution in [3.8, 4) is 5.75 Å². The Kier molecular flexibility index (Phi) is 14.0. The molecule has 0 aliphatic carbocycles. The molecule has 0 heterocycles. The van der Waals surface area contributed by atoms with Crippen LogP contribution in [0.3, 0.4) is 0 Å². The van der Waals surface area contributed by atoms with Gasteiger partial charge in [0, 0.05) is 18.6 Å². The number of carbonyl (C=O) groups is 3. The van der Waals surface area contributed by atoms with Crippen LogP contribution >= 0.6 is 0 Å². The first-order valence-electron chi connectivity index (χ1n) is 10.5. The average Bonchev–Trinajstić information content (AvgIpc) is 2.78. The molecule has 0 unspecified atom stereocenters. The van der Waals surface area contributed by atoms with E-state index in [0.29, 0.717) is 17.9 Å². The highest BCUT2D eigenvalue weighted by molar-refractivity contribution is 5.87. The second kappa shape index (κ2) is 15.8. The monoisotopic (exact) mass is 466 g/mol. The molecule has 34 heavy (non-hydrogen) atoms. The van der Waals surface area contributed by atoms with Gasteiger partial charge in [-0.1, -0.05) is 68.3 Å². The molecule has 6 nitrogen and oxygen atoms in total. The predicted molar refractivity (Wildman–Crippen MR) is 135 cm³/mol. The minimum atomic E-state index is -0.407. The van der Waals surface area contributed by atoms with Gasteiger partial charge >= 0.3 is 17.9 Å². The van der Waals surface area contributed by atoms with Crippen LogP contribution in [0.2, 0.25) is 0 Å². The lowest BCUT2D eigenvalue weighted by atomic mass is 10.2. The van der Waals surface area contributed by atoms with Gasteiger partial charge in [-0.05, 0) is 51.0 Å². The van der Waals surface area contributed by atoms with E-state index in [4.69, 9.17) is 14.2 Å². The zero-order valence-corrected chi connectivity index (χ0v) is 20.6. The molecule has 6 heteroatoms. The molecule has 0 aliphatic heterocycles. The Morgan fingerprint density at radius 3 is 1.85 bits per heavy atom. The summed E-state index contributed by atoms with van der Waals surface area (Å²) >= 11 is 0. The Bertz CT molecular complexity index is 951. The van der Waals surface area contributed by atoms with E-state index in [2.05, 4.69) is 19.7 Å². The van der Waals surface area contributed by atoms with Crippen molar-refractivity contribution in [1.29, 1.82) is 0 Å². The maximum atomic E-state index is 10.8. The highest BCUT2D eigenvalue weighted by Gasteiger charge is 2.15. The van der Waals surface area contributed by atoms with Gasteiger partial charge in [0.2, 0.25) is 0 Å². The fraction of sp³-hybridized carbons (Fsp3) is 0.250. The number of rotatable bonds is 6. The molecule has 0 aliphatic rings. The van der Waals surface area contributed by atoms with Crippen LogP contribution in [0.1, 0.15) is 45.7 Å². The zero-order valence-electron chi connectivity index (χ0n) is 20.6. The molecule has 2 aromatic rings. The third-order valence-electron chi connectivity index (χ3n) is 3.52. The maximum absolute atomic E-state index is 10.8. The Hall–Kier alpha value is -3.93. The van der Waals surface area contributed by atoms with E-state index < -0.39 is 5.60 Å². The Morgan fingerprint density at radius 2 is 1.47 bits per heavy atom. The third kappa shape index (κ3) is 15.8. The molecule has 2 aromatic carbocycles. The van der Waals surface area contributed by atoms with Gasteiger partial charge < -0.3 is 14.2 Å². The first kappa shape index (κ1) is 30.1. The summed E-state index contributed by atoms with van der Waals surface area (Å²) in [6.45, 7) is 19.2. The standard InChI is InChI=1S/2C10H10O2.C8H14O2/c1-3-9-4-6-10(7-5-9)12-8(2)11;1-2-10(11)12-8-9-6-4-3-5-7-9;1-6(2)7(9)10-8(3,4)5/h3-7H,1H2,2H3;2-7H,1,8H2;1H2,2-5H3. The largest absolute Gasteiger partial charge is 0.458 e. The molecule has 0 amide bonds. The fourth-order valence-electron chi connectivity index (χ4n) is 1.99. The van der Waals surface area contributed by atoms with Crippen molar-refractivity contribution in [2.45, 2.75) is 46.8 Å². The summed E-state index contributed by atoms with van der Waals surface area (Å²) in [6, 6.07) is 16.7. The second-order valence-electron chi connectivity index (χ2n) is 7.95. The molecular formula is C28H34O6. The topological polar surface area (TPSA) is 78.9 Å². The van der Waals surface area contributed by atoms with E-state index in [0.717, 1.165) is 17.2 Å². The predicted octanol–water partition coefficient (Wildman–Crippen LogP) is 6.07. The molecule has 182 valence electrons. The van der Waals surface area contributed by atoms with Crippen LogP contribution in [0.15, 0.2) is 86.0 Å². The maximum Gasteiger partial charge on any atom is 0.333 e. The van der Waals surface area contributed by atoms with Crippen molar-refractivity contribution < 1.29 is 28.6 Å². The van der Waals surface area contributed by atoms with Crippen LogP contribution < -0.4 is 4.74 Å². The van der Waals surface area contributed by atoms with Crippen LogP contribution in [0.25, 0.3) is 6.08 Å². The van der Waals surface area contributed by atoms with Gasteiger partial charge in [-0.25, -0.2) is 9.59 Å². The van der Waals surface area contributed by atoms with E-state index in [1.165, 1.54) is 6.92 Å². The molecule has 0 saturated heterocycles. The second-order valence-corrected chi connectivity index (χ2v) is 7.95. The zero-order chi connectivity index (χ0) is 26.1. The first-order chi connectivity index (χ1) is 15.9. The summed E-state index contributed by atoms with van der Waals surface area (Å²) in [5.74, 6) is -0.458.